The van der Waals surface area contributed by atoms with Crippen LogP contribution in [0.1, 0.15) is 65.7 Å². The third kappa shape index (κ3) is 3.00. The second-order valence-corrected chi connectivity index (χ2v) is 8.43. The minimum atomic E-state index is 0.387. The van der Waals surface area contributed by atoms with Gasteiger partial charge in [-0.05, 0) is 37.0 Å². The zero-order valence-corrected chi connectivity index (χ0v) is 13.2. The lowest BCUT2D eigenvalue weighted by atomic mass is 9.75. The summed E-state index contributed by atoms with van der Waals surface area (Å²) in [6, 6.07) is 0.666. The highest BCUT2D eigenvalue weighted by molar-refractivity contribution is 5.03. The van der Waals surface area contributed by atoms with Crippen LogP contribution in [0, 0.1) is 11.3 Å². The van der Waals surface area contributed by atoms with Gasteiger partial charge in [-0.25, -0.2) is 0 Å². The Hall–Kier alpha value is -0.0800. The van der Waals surface area contributed by atoms with Crippen molar-refractivity contribution >= 4 is 0 Å². The molecule has 0 aromatic heterocycles. The minimum absolute atomic E-state index is 0.387. The van der Waals surface area contributed by atoms with Crippen molar-refractivity contribution in [3.05, 3.63) is 0 Å². The van der Waals surface area contributed by atoms with E-state index in [2.05, 4.69) is 31.0 Å². The normalized spacial score (nSPS) is 32.7. The van der Waals surface area contributed by atoms with Gasteiger partial charge in [0.2, 0.25) is 0 Å². The van der Waals surface area contributed by atoms with Gasteiger partial charge >= 0.3 is 0 Å². The highest BCUT2D eigenvalue weighted by Gasteiger charge is 2.45. The van der Waals surface area contributed by atoms with Crippen molar-refractivity contribution in [3.63, 3.8) is 0 Å². The summed E-state index contributed by atoms with van der Waals surface area (Å²) < 4.78 is 0. The number of hydrogen-bond acceptors (Lipinski definition) is 2. The zero-order valence-electron chi connectivity index (χ0n) is 13.2. The maximum Gasteiger partial charge on any atom is 0.0334 e. The van der Waals surface area contributed by atoms with Gasteiger partial charge in [0.1, 0.15) is 0 Å². The first-order valence-electron chi connectivity index (χ1n) is 8.48. The molecule has 3 fully saturated rings. The number of piperazine rings is 1. The highest BCUT2D eigenvalue weighted by atomic mass is 15.3. The molecular formula is C17H32N2. The molecule has 1 unspecified atom stereocenters. The lowest BCUT2D eigenvalue weighted by molar-refractivity contribution is -0.0130. The molecule has 1 saturated heterocycles. The van der Waals surface area contributed by atoms with Crippen molar-refractivity contribution in [1.82, 2.24) is 10.2 Å². The number of nitrogens with one attached hydrogen (secondary N) is 1. The predicted octanol–water partition coefficient (Wildman–Crippen LogP) is 3.42. The van der Waals surface area contributed by atoms with Gasteiger partial charge in [-0.15, -0.1) is 0 Å². The van der Waals surface area contributed by atoms with E-state index in [4.69, 9.17) is 0 Å². The van der Waals surface area contributed by atoms with Gasteiger partial charge in [0.05, 0.1) is 0 Å². The summed E-state index contributed by atoms with van der Waals surface area (Å²) in [6.07, 6.45) is 10.2. The number of nitrogens with zero attached hydrogens (tertiary/aromatic N) is 1. The van der Waals surface area contributed by atoms with Crippen LogP contribution in [0.15, 0.2) is 0 Å². The Labute approximate surface area is 119 Å². The molecule has 3 aliphatic rings. The smallest absolute Gasteiger partial charge is 0.0334 e. The molecule has 0 aromatic rings. The molecule has 19 heavy (non-hydrogen) atoms. The quantitative estimate of drug-likeness (QED) is 0.822. The first-order valence-corrected chi connectivity index (χ1v) is 8.48. The summed E-state index contributed by atoms with van der Waals surface area (Å²) in [6.45, 7) is 11.1. The van der Waals surface area contributed by atoms with E-state index in [0.717, 1.165) is 5.92 Å². The molecule has 0 bridgehead atoms. The van der Waals surface area contributed by atoms with Gasteiger partial charge in [-0.1, -0.05) is 40.0 Å². The topological polar surface area (TPSA) is 15.3 Å². The van der Waals surface area contributed by atoms with E-state index in [-0.39, 0.29) is 0 Å². The predicted molar refractivity (Wildman–Crippen MR) is 81.4 cm³/mol. The fraction of sp³-hybridized carbons (Fsp3) is 1.00. The van der Waals surface area contributed by atoms with E-state index < -0.39 is 0 Å². The van der Waals surface area contributed by atoms with Gasteiger partial charge in [0, 0.05) is 31.2 Å². The van der Waals surface area contributed by atoms with Crippen molar-refractivity contribution in [2.45, 2.75) is 77.3 Å². The third-order valence-electron chi connectivity index (χ3n) is 5.76. The van der Waals surface area contributed by atoms with E-state index in [9.17, 15) is 0 Å². The maximum atomic E-state index is 3.90. The molecule has 3 rings (SSSR count). The number of hydrogen-bond donors (Lipinski definition) is 1. The Balaban J connectivity index is 1.73. The molecule has 0 amide bonds. The van der Waals surface area contributed by atoms with E-state index in [1.807, 2.05) is 0 Å². The average Bonchev–Trinajstić information content (AvgIpc) is 3.16. The SMILES string of the molecule is CC(C)(C)C1CN(CC2CC2)C2(CCCCC2)CN1. The highest BCUT2D eigenvalue weighted by Crippen LogP contribution is 2.40. The summed E-state index contributed by atoms with van der Waals surface area (Å²) in [5.41, 5.74) is 0.903. The summed E-state index contributed by atoms with van der Waals surface area (Å²) in [5.74, 6) is 1.03. The molecule has 1 aliphatic heterocycles. The van der Waals surface area contributed by atoms with Gasteiger partial charge in [-0.3, -0.25) is 4.90 Å². The molecule has 2 aliphatic carbocycles. The zero-order chi connectivity index (χ0) is 13.5. The van der Waals surface area contributed by atoms with E-state index in [1.165, 1.54) is 64.6 Å². The molecule has 0 aromatic carbocycles. The van der Waals surface area contributed by atoms with Crippen molar-refractivity contribution in [3.8, 4) is 0 Å². The van der Waals surface area contributed by atoms with Crippen molar-refractivity contribution in [2.75, 3.05) is 19.6 Å². The van der Waals surface area contributed by atoms with Crippen LogP contribution >= 0.6 is 0 Å². The van der Waals surface area contributed by atoms with E-state index in [1.54, 1.807) is 0 Å². The maximum absolute atomic E-state index is 3.90. The Morgan fingerprint density at radius 3 is 2.37 bits per heavy atom. The lowest BCUT2D eigenvalue weighted by Gasteiger charge is -2.54. The van der Waals surface area contributed by atoms with Crippen LogP contribution in [0.3, 0.4) is 0 Å². The van der Waals surface area contributed by atoms with Crippen LogP contribution in [0.4, 0.5) is 0 Å². The minimum Gasteiger partial charge on any atom is -0.310 e. The fourth-order valence-corrected chi connectivity index (χ4v) is 4.07. The van der Waals surface area contributed by atoms with Crippen LogP contribution in [0.2, 0.25) is 0 Å². The van der Waals surface area contributed by atoms with Crippen LogP contribution in [-0.4, -0.2) is 36.1 Å². The van der Waals surface area contributed by atoms with Crippen LogP contribution in [0.25, 0.3) is 0 Å². The Kier molecular flexibility index (Phi) is 3.68. The summed E-state index contributed by atoms with van der Waals surface area (Å²) in [5, 5.41) is 3.90. The molecule has 110 valence electrons. The fourth-order valence-electron chi connectivity index (χ4n) is 4.07. The standard InChI is InChI=1S/C17H32N2/c1-16(2,3)15-12-19(11-14-7-8-14)17(13-18-15)9-5-4-6-10-17/h14-15,18H,4-13H2,1-3H3. The second kappa shape index (κ2) is 5.04. The first kappa shape index (κ1) is 13.9. The Bertz CT molecular complexity index is 308. The van der Waals surface area contributed by atoms with Gasteiger partial charge in [0.25, 0.3) is 0 Å². The van der Waals surface area contributed by atoms with Crippen molar-refractivity contribution in [1.29, 1.82) is 0 Å². The van der Waals surface area contributed by atoms with Gasteiger partial charge < -0.3 is 5.32 Å². The summed E-state index contributed by atoms with van der Waals surface area (Å²) in [4.78, 5) is 2.91. The average molecular weight is 264 g/mol. The summed E-state index contributed by atoms with van der Waals surface area (Å²) >= 11 is 0. The molecule has 2 saturated carbocycles. The monoisotopic (exact) mass is 264 g/mol. The molecule has 1 atom stereocenters. The molecule has 2 heteroatoms. The van der Waals surface area contributed by atoms with Crippen LogP contribution in [0.5, 0.6) is 0 Å². The Morgan fingerprint density at radius 2 is 1.79 bits per heavy atom. The van der Waals surface area contributed by atoms with Gasteiger partial charge in [-0.2, -0.15) is 0 Å². The van der Waals surface area contributed by atoms with E-state index in [0.29, 0.717) is 17.0 Å². The van der Waals surface area contributed by atoms with Gasteiger partial charge in [0.15, 0.2) is 0 Å². The third-order valence-corrected chi connectivity index (χ3v) is 5.76. The molecule has 2 nitrogen and oxygen atoms in total. The van der Waals surface area contributed by atoms with Crippen LogP contribution < -0.4 is 5.32 Å². The Morgan fingerprint density at radius 1 is 1.11 bits per heavy atom. The number of rotatable bonds is 2. The molecule has 1 heterocycles. The van der Waals surface area contributed by atoms with Crippen LogP contribution in [-0.2, 0) is 0 Å². The molecule has 1 spiro atoms. The molecular weight excluding hydrogens is 232 g/mol. The lowest BCUT2D eigenvalue weighted by Crippen LogP contribution is -2.67. The van der Waals surface area contributed by atoms with Crippen molar-refractivity contribution in [2.24, 2.45) is 11.3 Å². The van der Waals surface area contributed by atoms with E-state index >= 15 is 0 Å². The second-order valence-electron chi connectivity index (χ2n) is 8.43. The molecule has 1 N–H and O–H groups in total. The molecule has 0 radical (unpaired) electrons. The summed E-state index contributed by atoms with van der Waals surface area (Å²) in [7, 11) is 0. The van der Waals surface area contributed by atoms with Crippen molar-refractivity contribution < 1.29 is 0 Å². The largest absolute Gasteiger partial charge is 0.310 e. The first-order chi connectivity index (χ1) is 9.00.